The van der Waals surface area contributed by atoms with Crippen LogP contribution in [-0.4, -0.2) is 41.3 Å². The van der Waals surface area contributed by atoms with Gasteiger partial charge in [-0.15, -0.1) is 0 Å². The van der Waals surface area contributed by atoms with Crippen molar-refractivity contribution in [2.24, 2.45) is 0 Å². The summed E-state index contributed by atoms with van der Waals surface area (Å²) in [5.41, 5.74) is 9.41. The predicted molar refractivity (Wildman–Crippen MR) is 108 cm³/mol. The Morgan fingerprint density at radius 3 is 2.50 bits per heavy atom. The Morgan fingerprint density at radius 2 is 1.81 bits per heavy atom. The maximum Gasteiger partial charge on any atom is 0.256 e. The van der Waals surface area contributed by atoms with Gasteiger partial charge in [0, 0.05) is 41.5 Å². The normalized spacial score (nSPS) is 14.1. The number of nitrogens with zero attached hydrogens (tertiary/aromatic N) is 1. The van der Waals surface area contributed by atoms with E-state index in [9.17, 15) is 9.59 Å². The number of hydrogen-bond acceptors (Lipinski definition) is 4. The Morgan fingerprint density at radius 1 is 1.12 bits per heavy atom. The number of nitrogen functional groups attached to an aromatic ring is 1. The van der Waals surface area contributed by atoms with Crippen molar-refractivity contribution in [2.45, 2.75) is 13.3 Å². The van der Waals surface area contributed by atoms with Gasteiger partial charge in [-0.05, 0) is 42.3 Å². The van der Waals surface area contributed by atoms with Crippen LogP contribution in [-0.2, 0) is 11.2 Å². The van der Waals surface area contributed by atoms with Crippen molar-refractivity contribution in [1.82, 2.24) is 4.90 Å². The van der Waals surface area contributed by atoms with E-state index in [4.69, 9.17) is 5.73 Å². The molecule has 0 spiro atoms. The highest BCUT2D eigenvalue weighted by Crippen LogP contribution is 2.17. The lowest BCUT2D eigenvalue weighted by Gasteiger charge is -2.26. The zero-order chi connectivity index (χ0) is 18.5. The molecule has 1 saturated heterocycles. The molecule has 0 saturated carbocycles. The molecule has 0 radical (unpaired) electrons. The van der Waals surface area contributed by atoms with Gasteiger partial charge in [-0.2, -0.15) is 11.8 Å². The van der Waals surface area contributed by atoms with Crippen LogP contribution in [0.15, 0.2) is 42.5 Å². The minimum Gasteiger partial charge on any atom is -0.399 e. The summed E-state index contributed by atoms with van der Waals surface area (Å²) in [6, 6.07) is 12.7. The Hall–Kier alpha value is -2.47. The Kier molecular flexibility index (Phi) is 5.83. The SMILES string of the molecule is Cc1ccc(N)cc1C(=O)Nc1ccc(CC(=O)N2CCSCC2)cc1. The van der Waals surface area contributed by atoms with Gasteiger partial charge in [-0.1, -0.05) is 18.2 Å². The minimum atomic E-state index is -0.190. The van der Waals surface area contributed by atoms with Gasteiger partial charge >= 0.3 is 0 Å². The first-order chi connectivity index (χ1) is 12.5. The lowest BCUT2D eigenvalue weighted by atomic mass is 10.1. The Balaban J connectivity index is 1.61. The smallest absolute Gasteiger partial charge is 0.256 e. The number of rotatable bonds is 4. The lowest BCUT2D eigenvalue weighted by molar-refractivity contribution is -0.130. The van der Waals surface area contributed by atoms with Crippen molar-refractivity contribution in [3.05, 3.63) is 59.2 Å². The first-order valence-corrected chi connectivity index (χ1v) is 9.80. The summed E-state index contributed by atoms with van der Waals surface area (Å²) in [4.78, 5) is 26.7. The van der Waals surface area contributed by atoms with E-state index in [1.807, 2.05) is 53.9 Å². The third-order valence-corrected chi connectivity index (χ3v) is 5.38. The summed E-state index contributed by atoms with van der Waals surface area (Å²) in [5, 5.41) is 2.88. The van der Waals surface area contributed by atoms with Gasteiger partial charge in [0.15, 0.2) is 0 Å². The number of nitrogens with two attached hydrogens (primary N) is 1. The van der Waals surface area contributed by atoms with E-state index in [-0.39, 0.29) is 11.8 Å². The van der Waals surface area contributed by atoms with E-state index in [1.54, 1.807) is 12.1 Å². The highest BCUT2D eigenvalue weighted by atomic mass is 32.2. The number of nitrogens with one attached hydrogen (secondary N) is 1. The van der Waals surface area contributed by atoms with E-state index in [0.29, 0.717) is 23.4 Å². The molecule has 1 fully saturated rings. The van der Waals surface area contributed by atoms with Gasteiger partial charge < -0.3 is 16.0 Å². The number of carbonyl (C=O) groups excluding carboxylic acids is 2. The molecule has 0 unspecified atom stereocenters. The van der Waals surface area contributed by atoms with Crippen LogP contribution >= 0.6 is 11.8 Å². The first-order valence-electron chi connectivity index (χ1n) is 8.65. The molecule has 26 heavy (non-hydrogen) atoms. The third-order valence-electron chi connectivity index (χ3n) is 4.44. The molecule has 3 N–H and O–H groups in total. The molecule has 1 aliphatic rings. The highest BCUT2D eigenvalue weighted by Gasteiger charge is 2.17. The molecule has 1 heterocycles. The van der Waals surface area contributed by atoms with Crippen molar-refractivity contribution < 1.29 is 9.59 Å². The van der Waals surface area contributed by atoms with Crippen molar-refractivity contribution in [3.63, 3.8) is 0 Å². The van der Waals surface area contributed by atoms with Crippen molar-refractivity contribution >= 4 is 35.0 Å². The number of hydrogen-bond donors (Lipinski definition) is 2. The predicted octanol–water partition coefficient (Wildman–Crippen LogP) is 2.95. The number of carbonyl (C=O) groups is 2. The molecule has 0 aromatic heterocycles. The molecule has 0 aliphatic carbocycles. The largest absolute Gasteiger partial charge is 0.399 e. The maximum atomic E-state index is 12.4. The molecule has 2 aromatic carbocycles. The third kappa shape index (κ3) is 4.58. The van der Waals surface area contributed by atoms with Gasteiger partial charge in [0.2, 0.25) is 5.91 Å². The molecule has 3 rings (SSSR count). The van der Waals surface area contributed by atoms with Crippen LogP contribution in [0.2, 0.25) is 0 Å². The van der Waals surface area contributed by atoms with Gasteiger partial charge in [-0.25, -0.2) is 0 Å². The molecule has 136 valence electrons. The van der Waals surface area contributed by atoms with E-state index in [1.165, 1.54) is 0 Å². The van der Waals surface area contributed by atoms with Gasteiger partial charge in [0.25, 0.3) is 5.91 Å². The Labute approximate surface area is 157 Å². The van der Waals surface area contributed by atoms with Crippen LogP contribution in [0.4, 0.5) is 11.4 Å². The van der Waals surface area contributed by atoms with Crippen LogP contribution < -0.4 is 11.1 Å². The number of anilines is 2. The highest BCUT2D eigenvalue weighted by molar-refractivity contribution is 7.99. The summed E-state index contributed by atoms with van der Waals surface area (Å²) < 4.78 is 0. The zero-order valence-electron chi connectivity index (χ0n) is 14.8. The van der Waals surface area contributed by atoms with Crippen molar-refractivity contribution in [3.8, 4) is 0 Å². The fraction of sp³-hybridized carbons (Fsp3) is 0.300. The number of amides is 2. The summed E-state index contributed by atoms with van der Waals surface area (Å²) in [5.74, 6) is 2.00. The fourth-order valence-electron chi connectivity index (χ4n) is 2.89. The second-order valence-electron chi connectivity index (χ2n) is 6.40. The molecular weight excluding hydrogens is 346 g/mol. The summed E-state index contributed by atoms with van der Waals surface area (Å²) in [7, 11) is 0. The molecule has 1 aliphatic heterocycles. The van der Waals surface area contributed by atoms with E-state index >= 15 is 0 Å². The number of benzene rings is 2. The zero-order valence-corrected chi connectivity index (χ0v) is 15.6. The van der Waals surface area contributed by atoms with Gasteiger partial charge in [0.1, 0.15) is 0 Å². The maximum absolute atomic E-state index is 12.4. The summed E-state index contributed by atoms with van der Waals surface area (Å²) >= 11 is 1.89. The van der Waals surface area contributed by atoms with Crippen LogP contribution in [0.1, 0.15) is 21.5 Å². The first kappa shape index (κ1) is 18.3. The summed E-state index contributed by atoms with van der Waals surface area (Å²) in [6.07, 6.45) is 0.396. The van der Waals surface area contributed by atoms with Gasteiger partial charge in [-0.3, -0.25) is 9.59 Å². The fourth-order valence-corrected chi connectivity index (χ4v) is 3.79. The van der Waals surface area contributed by atoms with Crippen LogP contribution in [0, 0.1) is 6.92 Å². The van der Waals surface area contributed by atoms with E-state index < -0.39 is 0 Å². The lowest BCUT2D eigenvalue weighted by Crippen LogP contribution is -2.38. The van der Waals surface area contributed by atoms with E-state index in [0.717, 1.165) is 35.7 Å². The van der Waals surface area contributed by atoms with Crippen LogP contribution in [0.3, 0.4) is 0 Å². The van der Waals surface area contributed by atoms with Crippen LogP contribution in [0.25, 0.3) is 0 Å². The molecule has 5 nitrogen and oxygen atoms in total. The number of aryl methyl sites for hydroxylation is 1. The second-order valence-corrected chi connectivity index (χ2v) is 7.62. The van der Waals surface area contributed by atoms with E-state index in [2.05, 4.69) is 5.32 Å². The van der Waals surface area contributed by atoms with Crippen LogP contribution in [0.5, 0.6) is 0 Å². The molecule has 0 atom stereocenters. The molecule has 2 amide bonds. The standard InChI is InChI=1S/C20H23N3O2S/c1-14-2-5-16(21)13-18(14)20(25)22-17-6-3-15(4-7-17)12-19(24)23-8-10-26-11-9-23/h2-7,13H,8-12,21H2,1H3,(H,22,25). The molecular formula is C20H23N3O2S. The second kappa shape index (κ2) is 8.27. The van der Waals surface area contributed by atoms with Gasteiger partial charge in [0.05, 0.1) is 6.42 Å². The average Bonchev–Trinajstić information content (AvgIpc) is 2.66. The minimum absolute atomic E-state index is 0.164. The quantitative estimate of drug-likeness (QED) is 0.813. The number of thioether (sulfide) groups is 1. The average molecular weight is 369 g/mol. The van der Waals surface area contributed by atoms with Crippen molar-refractivity contribution in [2.75, 3.05) is 35.6 Å². The Bertz CT molecular complexity index is 799. The monoisotopic (exact) mass is 369 g/mol. The van der Waals surface area contributed by atoms with Crippen molar-refractivity contribution in [1.29, 1.82) is 0 Å². The molecule has 6 heteroatoms. The molecule has 0 bridgehead atoms. The molecule has 2 aromatic rings. The topological polar surface area (TPSA) is 75.4 Å². The summed E-state index contributed by atoms with van der Waals surface area (Å²) in [6.45, 7) is 3.54.